The molecule has 0 saturated carbocycles. The summed E-state index contributed by atoms with van der Waals surface area (Å²) in [6, 6.07) is 7.58. The fourth-order valence-corrected chi connectivity index (χ4v) is 6.68. The molecule has 4 atom stereocenters. The lowest BCUT2D eigenvalue weighted by Crippen LogP contribution is -2.65. The Kier molecular flexibility index (Phi) is 17.3. The van der Waals surface area contributed by atoms with Crippen molar-refractivity contribution in [3.63, 3.8) is 0 Å². The van der Waals surface area contributed by atoms with Gasteiger partial charge in [0.2, 0.25) is 0 Å². The third-order valence-corrected chi connectivity index (χ3v) is 9.53. The molecule has 2 unspecified atom stereocenters. The molecular formula is C33H62N4O2S. The van der Waals surface area contributed by atoms with E-state index in [1.807, 2.05) is 30.5 Å². The molecule has 0 spiro atoms. The number of aliphatic hydroxyl groups is 2. The molecule has 1 saturated heterocycles. The Balaban J connectivity index is 1.99. The molecule has 1 aromatic rings. The molecule has 0 aromatic heterocycles. The van der Waals surface area contributed by atoms with Crippen molar-refractivity contribution >= 4 is 11.8 Å². The van der Waals surface area contributed by atoms with Crippen LogP contribution in [0.1, 0.15) is 97.7 Å². The highest BCUT2D eigenvalue weighted by atomic mass is 32.2. The number of hydrogen-bond donors (Lipinski definition) is 4. The fourth-order valence-electron chi connectivity index (χ4n) is 6.27. The van der Waals surface area contributed by atoms with Crippen LogP contribution in [0.5, 0.6) is 0 Å². The summed E-state index contributed by atoms with van der Waals surface area (Å²) >= 11 is 1.69. The summed E-state index contributed by atoms with van der Waals surface area (Å²) < 4.78 is 0. The van der Waals surface area contributed by atoms with Gasteiger partial charge in [0.15, 0.2) is 0 Å². The number of benzene rings is 1. The normalized spacial score (nSPS) is 21.8. The van der Waals surface area contributed by atoms with E-state index in [9.17, 15) is 10.2 Å². The Morgan fingerprint density at radius 3 is 1.90 bits per heavy atom. The first-order valence-electron chi connectivity index (χ1n) is 16.2. The largest absolute Gasteiger partial charge is 0.395 e. The van der Waals surface area contributed by atoms with Crippen LogP contribution < -0.4 is 10.6 Å². The average Bonchev–Trinajstić information content (AvgIpc) is 2.96. The molecule has 1 aliphatic rings. The summed E-state index contributed by atoms with van der Waals surface area (Å²) in [6.07, 6.45) is 11.7. The maximum Gasteiger partial charge on any atom is 0.0965 e. The van der Waals surface area contributed by atoms with Crippen LogP contribution in [0.25, 0.3) is 0 Å². The SMILES string of the molecule is CCCCC(CC)CN1CN(CC(CC)CCCC)CC(C)(NCCN[C@@H](CO)[C@@H](O)c2ccc(SC)cc2)C1. The fraction of sp³-hybridized carbons (Fsp3) is 0.818. The molecule has 232 valence electrons. The predicted molar refractivity (Wildman–Crippen MR) is 173 cm³/mol. The molecule has 7 heteroatoms. The van der Waals surface area contributed by atoms with E-state index in [1.165, 1.54) is 69.4 Å². The summed E-state index contributed by atoms with van der Waals surface area (Å²) in [5, 5.41) is 28.2. The van der Waals surface area contributed by atoms with Crippen LogP contribution in [0.4, 0.5) is 0 Å². The predicted octanol–water partition coefficient (Wildman–Crippen LogP) is 5.75. The van der Waals surface area contributed by atoms with Crippen LogP contribution in [0.3, 0.4) is 0 Å². The van der Waals surface area contributed by atoms with Gasteiger partial charge in [-0.25, -0.2) is 0 Å². The molecule has 1 aromatic carbocycles. The van der Waals surface area contributed by atoms with Gasteiger partial charge in [-0.15, -0.1) is 11.8 Å². The lowest BCUT2D eigenvalue weighted by Gasteiger charge is -2.48. The summed E-state index contributed by atoms with van der Waals surface area (Å²) in [6.45, 7) is 18.7. The quantitative estimate of drug-likeness (QED) is 0.109. The molecule has 1 heterocycles. The number of hydrogen-bond acceptors (Lipinski definition) is 7. The number of thioether (sulfide) groups is 1. The molecule has 0 aliphatic carbocycles. The average molecular weight is 579 g/mol. The van der Waals surface area contributed by atoms with Gasteiger partial charge in [-0.05, 0) is 55.6 Å². The second kappa shape index (κ2) is 19.5. The Labute approximate surface area is 251 Å². The Morgan fingerprint density at radius 1 is 0.900 bits per heavy atom. The molecule has 0 bridgehead atoms. The van der Waals surface area contributed by atoms with E-state index in [0.29, 0.717) is 6.54 Å². The summed E-state index contributed by atoms with van der Waals surface area (Å²) in [7, 11) is 0. The van der Waals surface area contributed by atoms with Crippen LogP contribution in [-0.2, 0) is 0 Å². The van der Waals surface area contributed by atoms with Gasteiger partial charge in [0.25, 0.3) is 0 Å². The van der Waals surface area contributed by atoms with Crippen molar-refractivity contribution in [2.75, 3.05) is 58.8 Å². The van der Waals surface area contributed by atoms with Crippen molar-refractivity contribution in [3.05, 3.63) is 29.8 Å². The molecule has 1 fully saturated rings. The second-order valence-corrected chi connectivity index (χ2v) is 13.3. The van der Waals surface area contributed by atoms with Crippen molar-refractivity contribution in [1.29, 1.82) is 0 Å². The first kappa shape index (κ1) is 35.5. The summed E-state index contributed by atoms with van der Waals surface area (Å²) in [4.78, 5) is 6.58. The Bertz CT molecular complexity index is 754. The highest BCUT2D eigenvalue weighted by molar-refractivity contribution is 7.98. The number of aliphatic hydroxyl groups excluding tert-OH is 2. The van der Waals surface area contributed by atoms with E-state index in [-0.39, 0.29) is 18.2 Å². The highest BCUT2D eigenvalue weighted by Crippen LogP contribution is 2.24. The zero-order valence-electron chi connectivity index (χ0n) is 26.6. The smallest absolute Gasteiger partial charge is 0.0965 e. The third kappa shape index (κ3) is 12.3. The van der Waals surface area contributed by atoms with E-state index in [0.717, 1.165) is 43.7 Å². The van der Waals surface area contributed by atoms with Gasteiger partial charge in [0.1, 0.15) is 0 Å². The van der Waals surface area contributed by atoms with Gasteiger partial charge in [0, 0.05) is 49.7 Å². The summed E-state index contributed by atoms with van der Waals surface area (Å²) in [5.74, 6) is 1.54. The maximum atomic E-state index is 10.9. The van der Waals surface area contributed by atoms with Crippen LogP contribution in [0.2, 0.25) is 0 Å². The topological polar surface area (TPSA) is 71.0 Å². The minimum atomic E-state index is -0.736. The second-order valence-electron chi connectivity index (χ2n) is 12.4. The van der Waals surface area contributed by atoms with E-state index in [4.69, 9.17) is 0 Å². The zero-order chi connectivity index (χ0) is 29.4. The first-order valence-corrected chi connectivity index (χ1v) is 17.4. The van der Waals surface area contributed by atoms with E-state index < -0.39 is 6.10 Å². The first-order chi connectivity index (χ1) is 19.3. The van der Waals surface area contributed by atoms with Gasteiger partial charge in [-0.3, -0.25) is 9.80 Å². The minimum absolute atomic E-state index is 0.00695. The molecule has 1 aliphatic heterocycles. The van der Waals surface area contributed by atoms with Crippen LogP contribution >= 0.6 is 11.8 Å². The minimum Gasteiger partial charge on any atom is -0.395 e. The lowest BCUT2D eigenvalue weighted by molar-refractivity contribution is 0.00488. The highest BCUT2D eigenvalue weighted by Gasteiger charge is 2.35. The summed E-state index contributed by atoms with van der Waals surface area (Å²) in [5.41, 5.74) is 0.845. The van der Waals surface area contributed by atoms with Crippen molar-refractivity contribution in [2.24, 2.45) is 11.8 Å². The molecule has 0 radical (unpaired) electrons. The van der Waals surface area contributed by atoms with Crippen molar-refractivity contribution < 1.29 is 10.2 Å². The zero-order valence-corrected chi connectivity index (χ0v) is 27.4. The monoisotopic (exact) mass is 578 g/mol. The number of nitrogens with zero attached hydrogens (tertiary/aromatic N) is 2. The van der Waals surface area contributed by atoms with Gasteiger partial charge >= 0.3 is 0 Å². The van der Waals surface area contributed by atoms with E-state index in [2.05, 4.69) is 55.1 Å². The Morgan fingerprint density at radius 2 is 1.45 bits per heavy atom. The Hall–Kier alpha value is -0.670. The van der Waals surface area contributed by atoms with E-state index >= 15 is 0 Å². The third-order valence-electron chi connectivity index (χ3n) is 8.78. The molecular weight excluding hydrogens is 516 g/mol. The number of unbranched alkanes of at least 4 members (excludes halogenated alkanes) is 2. The van der Waals surface area contributed by atoms with Crippen molar-refractivity contribution in [3.8, 4) is 0 Å². The lowest BCUT2D eigenvalue weighted by atomic mass is 9.93. The van der Waals surface area contributed by atoms with Crippen LogP contribution in [0, 0.1) is 11.8 Å². The molecule has 40 heavy (non-hydrogen) atoms. The molecule has 6 nitrogen and oxygen atoms in total. The molecule has 2 rings (SSSR count). The van der Waals surface area contributed by atoms with Crippen molar-refractivity contribution in [1.82, 2.24) is 20.4 Å². The standard InChI is InChI=1S/C33H62N4O2S/c1-7-11-13-27(9-3)21-36-24-33(5,25-37(26-36)22-28(10-4)14-12-8-2)35-20-19-34-31(23-38)32(39)29-15-17-30(40-6)18-16-29/h15-18,27-28,31-32,34-35,38-39H,7-14,19-26H2,1-6H3/t27?,28?,31-,32-,33?/m0/s1. The van der Waals surface area contributed by atoms with Crippen LogP contribution in [-0.4, -0.2) is 90.4 Å². The molecule has 0 amide bonds. The van der Waals surface area contributed by atoms with Crippen molar-refractivity contribution in [2.45, 2.75) is 109 Å². The van der Waals surface area contributed by atoms with Gasteiger partial charge in [-0.2, -0.15) is 0 Å². The van der Waals surface area contributed by atoms with Gasteiger partial charge in [-0.1, -0.05) is 78.4 Å². The maximum absolute atomic E-state index is 10.9. The van der Waals surface area contributed by atoms with Gasteiger partial charge in [0.05, 0.1) is 25.4 Å². The number of nitrogens with one attached hydrogen (secondary N) is 2. The molecule has 4 N–H and O–H groups in total. The van der Waals surface area contributed by atoms with E-state index in [1.54, 1.807) is 11.8 Å². The van der Waals surface area contributed by atoms with Gasteiger partial charge < -0.3 is 20.8 Å². The number of rotatable bonds is 21. The van der Waals surface area contributed by atoms with Crippen LogP contribution in [0.15, 0.2) is 29.2 Å².